The van der Waals surface area contributed by atoms with E-state index in [2.05, 4.69) is 28.3 Å². The molecule has 0 radical (unpaired) electrons. The van der Waals surface area contributed by atoms with Crippen molar-refractivity contribution in [1.29, 1.82) is 0 Å². The summed E-state index contributed by atoms with van der Waals surface area (Å²) in [5, 5.41) is 0. The first kappa shape index (κ1) is 32.1. The van der Waals surface area contributed by atoms with E-state index in [0.29, 0.717) is 23.7 Å². The highest BCUT2D eigenvalue weighted by Gasteiger charge is 2.40. The van der Waals surface area contributed by atoms with Crippen molar-refractivity contribution in [2.45, 2.75) is 74.9 Å². The Morgan fingerprint density at radius 2 is 1.81 bits per heavy atom. The molecule has 1 aliphatic heterocycles. The number of hydrogen-bond acceptors (Lipinski definition) is 8. The average Bonchev–Trinajstić information content (AvgIpc) is 3.08. The van der Waals surface area contributed by atoms with Gasteiger partial charge in [0.2, 0.25) is 4.90 Å². The van der Waals surface area contributed by atoms with Crippen LogP contribution >= 0.6 is 11.8 Å². The molecule has 0 spiro atoms. The van der Waals surface area contributed by atoms with Crippen LogP contribution in [-0.2, 0) is 27.4 Å². The molecule has 0 saturated carbocycles. The highest BCUT2D eigenvalue weighted by Crippen LogP contribution is 2.44. The molecule has 1 aliphatic rings. The van der Waals surface area contributed by atoms with Gasteiger partial charge in [-0.15, -0.1) is 16.1 Å². The van der Waals surface area contributed by atoms with Crippen LogP contribution in [0.1, 0.15) is 52.5 Å². The SMILES string of the molecule is CCCCC1CN(c2ccccc2)c2cc(SC)c(OCC(=O)OC(C)(C)C)cc2[S+]([O-])N1Cc1ccc(OC)cc1. The Balaban J connectivity index is 1.78. The van der Waals surface area contributed by atoms with E-state index in [1.165, 1.54) is 11.8 Å². The summed E-state index contributed by atoms with van der Waals surface area (Å²) in [7, 11) is 1.65. The van der Waals surface area contributed by atoms with Crippen molar-refractivity contribution in [2.75, 3.05) is 31.4 Å². The molecule has 3 aromatic carbocycles. The molecule has 0 amide bonds. The van der Waals surface area contributed by atoms with Gasteiger partial charge in [0.15, 0.2) is 6.61 Å². The molecular weight excluding hydrogens is 569 g/mol. The van der Waals surface area contributed by atoms with Crippen molar-refractivity contribution >= 4 is 40.5 Å². The molecule has 0 aromatic heterocycles. The van der Waals surface area contributed by atoms with Gasteiger partial charge in [0.25, 0.3) is 0 Å². The van der Waals surface area contributed by atoms with Crippen molar-refractivity contribution in [3.8, 4) is 11.5 Å². The first-order valence-corrected chi connectivity index (χ1v) is 16.7. The standard InChI is InChI=1S/C33H42N2O5S2/c1-7-8-12-26-22-34(25-13-10-9-11-14-25)28-19-30(41-6)29(39-23-32(36)40-33(2,3)4)20-31(28)42(37)35(26)21-24-15-17-27(38-5)18-16-24/h9-11,13-20,26H,7-8,12,21-23H2,1-6H3. The second-order valence-electron chi connectivity index (χ2n) is 11.3. The van der Waals surface area contributed by atoms with Crippen LogP contribution in [0.25, 0.3) is 0 Å². The minimum atomic E-state index is -1.50. The van der Waals surface area contributed by atoms with Crippen molar-refractivity contribution in [1.82, 2.24) is 4.31 Å². The maximum atomic E-state index is 14.6. The number of fused-ring (bicyclic) bond motifs is 1. The average molecular weight is 611 g/mol. The van der Waals surface area contributed by atoms with E-state index >= 15 is 0 Å². The highest BCUT2D eigenvalue weighted by atomic mass is 32.2. The number of unbranched alkanes of at least 4 members (excludes halogenated alkanes) is 1. The lowest BCUT2D eigenvalue weighted by Crippen LogP contribution is -2.43. The second-order valence-corrected chi connectivity index (χ2v) is 13.5. The van der Waals surface area contributed by atoms with Crippen molar-refractivity contribution in [3.63, 3.8) is 0 Å². The lowest BCUT2D eigenvalue weighted by Gasteiger charge is -2.31. The number of carbonyl (C=O) groups is 1. The molecule has 0 N–H and O–H groups in total. The van der Waals surface area contributed by atoms with E-state index in [9.17, 15) is 9.35 Å². The summed E-state index contributed by atoms with van der Waals surface area (Å²) in [5.74, 6) is 0.859. The Labute approximate surface area is 257 Å². The van der Waals surface area contributed by atoms with Crippen LogP contribution in [0.2, 0.25) is 0 Å². The van der Waals surface area contributed by atoms with E-state index < -0.39 is 22.9 Å². The van der Waals surface area contributed by atoms with Crippen LogP contribution in [0.3, 0.4) is 0 Å². The fourth-order valence-electron chi connectivity index (χ4n) is 4.95. The topological polar surface area (TPSA) is 74.3 Å². The summed E-state index contributed by atoms with van der Waals surface area (Å²) in [4.78, 5) is 16.3. The maximum absolute atomic E-state index is 14.6. The van der Waals surface area contributed by atoms with Gasteiger partial charge < -0.3 is 23.7 Å². The molecular formula is C33H42N2O5S2. The van der Waals surface area contributed by atoms with Gasteiger partial charge in [0, 0.05) is 18.3 Å². The van der Waals surface area contributed by atoms with Gasteiger partial charge >= 0.3 is 5.97 Å². The van der Waals surface area contributed by atoms with Gasteiger partial charge in [0.05, 0.1) is 36.0 Å². The zero-order chi connectivity index (χ0) is 30.3. The minimum absolute atomic E-state index is 0.0318. The number of carbonyl (C=O) groups excluding carboxylic acids is 1. The van der Waals surface area contributed by atoms with Gasteiger partial charge in [-0.2, -0.15) is 0 Å². The molecule has 1 heterocycles. The smallest absolute Gasteiger partial charge is 0.344 e. The molecule has 0 fully saturated rings. The summed E-state index contributed by atoms with van der Waals surface area (Å²) in [6.45, 7) is 8.64. The summed E-state index contributed by atoms with van der Waals surface area (Å²) in [5.41, 5.74) is 2.37. The quantitative estimate of drug-likeness (QED) is 0.127. The first-order valence-electron chi connectivity index (χ1n) is 14.3. The summed E-state index contributed by atoms with van der Waals surface area (Å²) >= 11 is 0.0300. The number of methoxy groups -OCH3 is 1. The predicted molar refractivity (Wildman–Crippen MR) is 171 cm³/mol. The van der Waals surface area contributed by atoms with E-state index in [0.717, 1.165) is 46.8 Å². The Morgan fingerprint density at radius 1 is 1.10 bits per heavy atom. The molecule has 226 valence electrons. The summed E-state index contributed by atoms with van der Waals surface area (Å²) in [6.07, 6.45) is 4.97. The first-order chi connectivity index (χ1) is 20.1. The highest BCUT2D eigenvalue weighted by molar-refractivity contribution is 7.98. The molecule has 0 saturated heterocycles. The molecule has 9 heteroatoms. The third kappa shape index (κ3) is 8.16. The zero-order valence-corrected chi connectivity index (χ0v) is 27.1. The van der Waals surface area contributed by atoms with Gasteiger partial charge in [-0.3, -0.25) is 0 Å². The lowest BCUT2D eigenvalue weighted by atomic mass is 10.1. The van der Waals surface area contributed by atoms with Gasteiger partial charge in [-0.05, 0) is 69.3 Å². The zero-order valence-electron chi connectivity index (χ0n) is 25.4. The van der Waals surface area contributed by atoms with Crippen LogP contribution < -0.4 is 14.4 Å². The molecule has 4 rings (SSSR count). The van der Waals surface area contributed by atoms with E-state index in [1.807, 2.05) is 81.6 Å². The fraction of sp³-hybridized carbons (Fsp3) is 0.424. The van der Waals surface area contributed by atoms with E-state index in [4.69, 9.17) is 14.2 Å². The molecule has 42 heavy (non-hydrogen) atoms. The number of para-hydroxylation sites is 1. The summed E-state index contributed by atoms with van der Waals surface area (Å²) < 4.78 is 33.6. The van der Waals surface area contributed by atoms with Crippen molar-refractivity contribution in [2.24, 2.45) is 0 Å². The Hall–Kier alpha value is -2.85. The van der Waals surface area contributed by atoms with Crippen molar-refractivity contribution < 1.29 is 23.6 Å². The number of rotatable bonds is 11. The minimum Gasteiger partial charge on any atom is -0.593 e. The predicted octanol–water partition coefficient (Wildman–Crippen LogP) is 7.37. The second kappa shape index (κ2) is 14.6. The molecule has 0 aliphatic carbocycles. The van der Waals surface area contributed by atoms with Gasteiger partial charge in [0.1, 0.15) is 22.8 Å². The largest absolute Gasteiger partial charge is 0.593 e. The third-order valence-corrected chi connectivity index (χ3v) is 9.27. The third-order valence-electron chi connectivity index (χ3n) is 6.96. The van der Waals surface area contributed by atoms with Crippen LogP contribution in [0.15, 0.2) is 76.5 Å². The van der Waals surface area contributed by atoms with Gasteiger partial charge in [-0.25, -0.2) is 4.79 Å². The van der Waals surface area contributed by atoms with Crippen LogP contribution in [0.4, 0.5) is 11.4 Å². The molecule has 2 unspecified atom stereocenters. The molecule has 0 bridgehead atoms. The summed E-state index contributed by atoms with van der Waals surface area (Å²) in [6, 6.07) is 22.1. The monoisotopic (exact) mass is 610 g/mol. The Kier molecular flexibility index (Phi) is 11.1. The maximum Gasteiger partial charge on any atom is 0.344 e. The van der Waals surface area contributed by atoms with Crippen LogP contribution in [-0.4, -0.2) is 53.0 Å². The van der Waals surface area contributed by atoms with E-state index in [1.54, 1.807) is 7.11 Å². The Bertz CT molecular complexity index is 1310. The van der Waals surface area contributed by atoms with Gasteiger partial charge in [-0.1, -0.05) is 50.1 Å². The van der Waals surface area contributed by atoms with Crippen molar-refractivity contribution in [3.05, 3.63) is 72.3 Å². The number of ether oxygens (including phenoxy) is 3. The van der Waals surface area contributed by atoms with E-state index in [-0.39, 0.29) is 12.6 Å². The number of nitrogens with zero attached hydrogens (tertiary/aromatic N) is 2. The molecule has 2 atom stereocenters. The number of hydrogen-bond donors (Lipinski definition) is 0. The van der Waals surface area contributed by atoms with Crippen LogP contribution in [0, 0.1) is 0 Å². The van der Waals surface area contributed by atoms with Crippen LogP contribution in [0.5, 0.6) is 11.5 Å². The fourth-order valence-corrected chi connectivity index (χ4v) is 7.02. The number of thioether (sulfide) groups is 1. The molecule has 3 aromatic rings. The Morgan fingerprint density at radius 3 is 2.43 bits per heavy atom. The number of esters is 1. The number of benzene rings is 3. The lowest BCUT2D eigenvalue weighted by molar-refractivity contribution is -0.157. The molecule has 7 nitrogen and oxygen atoms in total. The number of anilines is 2. The normalized spacial score (nSPS) is 17.4.